The Labute approximate surface area is 160 Å². The van der Waals surface area contributed by atoms with Gasteiger partial charge >= 0.3 is 6.03 Å². The summed E-state index contributed by atoms with van der Waals surface area (Å²) in [6.07, 6.45) is 3.12. The number of carbonyl (C=O) groups excluding carboxylic acids is 3. The van der Waals surface area contributed by atoms with Gasteiger partial charge in [0.05, 0.1) is 10.7 Å². The van der Waals surface area contributed by atoms with Crippen LogP contribution in [-0.2, 0) is 9.59 Å². The highest BCUT2D eigenvalue weighted by molar-refractivity contribution is 7.09. The maximum atomic E-state index is 12.6. The number of hydrogen-bond donors (Lipinski definition) is 2. The zero-order valence-corrected chi connectivity index (χ0v) is 15.8. The van der Waals surface area contributed by atoms with E-state index in [0.29, 0.717) is 18.5 Å². The molecule has 1 aromatic heterocycles. The molecule has 7 nitrogen and oxygen atoms in total. The normalized spacial score (nSPS) is 18.2. The fraction of sp³-hybridized carbons (Fsp3) is 0.368. The predicted molar refractivity (Wildman–Crippen MR) is 102 cm³/mol. The van der Waals surface area contributed by atoms with Crippen LogP contribution in [0.25, 0.3) is 11.3 Å². The van der Waals surface area contributed by atoms with Crippen molar-refractivity contribution < 1.29 is 14.4 Å². The fourth-order valence-electron chi connectivity index (χ4n) is 3.70. The first kappa shape index (κ1) is 17.7. The van der Waals surface area contributed by atoms with Crippen molar-refractivity contribution >= 4 is 34.9 Å². The van der Waals surface area contributed by atoms with E-state index in [4.69, 9.17) is 0 Å². The van der Waals surface area contributed by atoms with Gasteiger partial charge in [0.15, 0.2) is 0 Å². The Hall–Kier alpha value is -2.74. The van der Waals surface area contributed by atoms with E-state index < -0.39 is 17.5 Å². The van der Waals surface area contributed by atoms with Gasteiger partial charge in [0.1, 0.15) is 12.1 Å². The number of imide groups is 1. The Bertz CT molecular complexity index is 900. The van der Waals surface area contributed by atoms with Crippen LogP contribution in [0.4, 0.5) is 10.5 Å². The lowest BCUT2D eigenvalue weighted by Crippen LogP contribution is -2.44. The van der Waals surface area contributed by atoms with E-state index in [1.165, 1.54) is 0 Å². The lowest BCUT2D eigenvalue weighted by molar-refractivity contribution is -0.133. The van der Waals surface area contributed by atoms with Crippen LogP contribution in [0.3, 0.4) is 0 Å². The Kier molecular flexibility index (Phi) is 4.43. The van der Waals surface area contributed by atoms with E-state index in [1.807, 2.05) is 24.4 Å². The van der Waals surface area contributed by atoms with Gasteiger partial charge in [-0.25, -0.2) is 9.78 Å². The summed E-state index contributed by atoms with van der Waals surface area (Å²) in [5.41, 5.74) is 1.69. The number of amides is 4. The van der Waals surface area contributed by atoms with Crippen LogP contribution in [0.2, 0.25) is 0 Å². The van der Waals surface area contributed by atoms with Crippen LogP contribution in [0.1, 0.15) is 30.7 Å². The lowest BCUT2D eigenvalue weighted by atomic mass is 9.98. The summed E-state index contributed by atoms with van der Waals surface area (Å²) >= 11 is 1.58. The van der Waals surface area contributed by atoms with E-state index in [1.54, 1.807) is 23.5 Å². The number of rotatable bonds is 4. The van der Waals surface area contributed by atoms with Crippen LogP contribution < -0.4 is 10.6 Å². The average Bonchev–Trinajstić information content (AvgIpc) is 3.34. The van der Waals surface area contributed by atoms with Gasteiger partial charge in [0.2, 0.25) is 5.91 Å². The van der Waals surface area contributed by atoms with E-state index >= 15 is 0 Å². The maximum absolute atomic E-state index is 12.6. The molecule has 8 heteroatoms. The number of anilines is 1. The first-order valence-electron chi connectivity index (χ1n) is 8.93. The van der Waals surface area contributed by atoms with Crippen molar-refractivity contribution in [2.45, 2.75) is 38.1 Å². The molecule has 4 rings (SSSR count). The van der Waals surface area contributed by atoms with Gasteiger partial charge in [-0.3, -0.25) is 14.5 Å². The third-order valence-corrected chi connectivity index (χ3v) is 5.86. The minimum atomic E-state index is -0.787. The molecule has 0 unspecified atom stereocenters. The van der Waals surface area contributed by atoms with Crippen molar-refractivity contribution in [3.8, 4) is 11.3 Å². The minimum absolute atomic E-state index is 0.278. The van der Waals surface area contributed by atoms with Crippen molar-refractivity contribution in [3.05, 3.63) is 34.7 Å². The van der Waals surface area contributed by atoms with Crippen molar-refractivity contribution in [2.24, 2.45) is 0 Å². The minimum Gasteiger partial charge on any atom is -0.325 e. The van der Waals surface area contributed by atoms with Crippen molar-refractivity contribution in [2.75, 3.05) is 11.9 Å². The molecule has 140 valence electrons. The standard InChI is InChI=1S/C19H20N4O3S/c1-12-20-15(11-27-12)13-4-6-14(7-5-13)21-16(24)10-23-17(25)19(22-18(23)26)8-2-3-9-19/h4-7,11H,2-3,8-10H2,1H3,(H,21,24)(H,22,26). The number of benzene rings is 1. The molecular weight excluding hydrogens is 364 g/mol. The molecule has 2 aromatic rings. The van der Waals surface area contributed by atoms with E-state index in [-0.39, 0.29) is 12.5 Å². The highest BCUT2D eigenvalue weighted by Gasteiger charge is 2.52. The lowest BCUT2D eigenvalue weighted by Gasteiger charge is -2.19. The third-order valence-electron chi connectivity index (χ3n) is 5.09. The monoisotopic (exact) mass is 384 g/mol. The molecular formula is C19H20N4O3S. The number of aromatic nitrogens is 1. The van der Waals surface area contributed by atoms with Crippen molar-refractivity contribution in [1.82, 2.24) is 15.2 Å². The average molecular weight is 384 g/mol. The van der Waals surface area contributed by atoms with Crippen LogP contribution in [0.15, 0.2) is 29.6 Å². The maximum Gasteiger partial charge on any atom is 0.325 e. The smallest absolute Gasteiger partial charge is 0.325 e. The quantitative estimate of drug-likeness (QED) is 0.793. The van der Waals surface area contributed by atoms with E-state index in [2.05, 4.69) is 15.6 Å². The van der Waals surface area contributed by atoms with Gasteiger partial charge in [-0.1, -0.05) is 25.0 Å². The summed E-state index contributed by atoms with van der Waals surface area (Å²) in [6.45, 7) is 1.67. The largest absolute Gasteiger partial charge is 0.325 e. The molecule has 0 bridgehead atoms. The highest BCUT2D eigenvalue weighted by atomic mass is 32.1. The van der Waals surface area contributed by atoms with Crippen LogP contribution in [-0.4, -0.2) is 39.8 Å². The summed E-state index contributed by atoms with van der Waals surface area (Å²) in [4.78, 5) is 42.5. The van der Waals surface area contributed by atoms with Crippen LogP contribution >= 0.6 is 11.3 Å². The van der Waals surface area contributed by atoms with Gasteiger partial charge in [-0.15, -0.1) is 11.3 Å². The van der Waals surface area contributed by atoms with Gasteiger partial charge in [0, 0.05) is 16.6 Å². The molecule has 2 N–H and O–H groups in total. The first-order chi connectivity index (χ1) is 13.0. The summed E-state index contributed by atoms with van der Waals surface area (Å²) in [5, 5.41) is 8.50. The van der Waals surface area contributed by atoms with Gasteiger partial charge in [0.25, 0.3) is 5.91 Å². The summed E-state index contributed by atoms with van der Waals surface area (Å²) < 4.78 is 0. The Morgan fingerprint density at radius 2 is 1.96 bits per heavy atom. The Morgan fingerprint density at radius 1 is 1.26 bits per heavy atom. The molecule has 2 heterocycles. The second-order valence-corrected chi connectivity index (χ2v) is 8.05. The number of thiazole rings is 1. The Balaban J connectivity index is 1.39. The third kappa shape index (κ3) is 3.32. The van der Waals surface area contributed by atoms with Crippen molar-refractivity contribution in [3.63, 3.8) is 0 Å². The number of carbonyl (C=O) groups is 3. The molecule has 1 aliphatic carbocycles. The fourth-order valence-corrected chi connectivity index (χ4v) is 4.32. The molecule has 1 aliphatic heterocycles. The zero-order chi connectivity index (χ0) is 19.0. The molecule has 2 aliphatic rings. The topological polar surface area (TPSA) is 91.4 Å². The number of aryl methyl sites for hydroxylation is 1. The van der Waals surface area contributed by atoms with Gasteiger partial charge in [-0.05, 0) is 31.9 Å². The second kappa shape index (κ2) is 6.77. The van der Waals surface area contributed by atoms with Gasteiger partial charge < -0.3 is 10.6 Å². The number of nitrogens with zero attached hydrogens (tertiary/aromatic N) is 2. The van der Waals surface area contributed by atoms with E-state index in [9.17, 15) is 14.4 Å². The molecule has 4 amide bonds. The molecule has 1 spiro atoms. The predicted octanol–water partition coefficient (Wildman–Crippen LogP) is 2.92. The zero-order valence-electron chi connectivity index (χ0n) is 14.9. The first-order valence-corrected chi connectivity index (χ1v) is 9.81. The second-order valence-electron chi connectivity index (χ2n) is 6.99. The Morgan fingerprint density at radius 3 is 2.59 bits per heavy atom. The number of urea groups is 1. The molecule has 0 atom stereocenters. The van der Waals surface area contributed by atoms with Crippen molar-refractivity contribution in [1.29, 1.82) is 0 Å². The molecule has 0 radical (unpaired) electrons. The summed E-state index contributed by atoms with van der Waals surface area (Å²) in [5.74, 6) is -0.680. The van der Waals surface area contributed by atoms with E-state index in [0.717, 1.165) is 34.0 Å². The summed E-state index contributed by atoms with van der Waals surface area (Å²) in [7, 11) is 0. The SMILES string of the molecule is Cc1nc(-c2ccc(NC(=O)CN3C(=O)NC4(CCCC4)C3=O)cc2)cs1. The van der Waals surface area contributed by atoms with Crippen LogP contribution in [0.5, 0.6) is 0 Å². The highest BCUT2D eigenvalue weighted by Crippen LogP contribution is 2.35. The molecule has 1 saturated carbocycles. The van der Waals surface area contributed by atoms with Gasteiger partial charge in [-0.2, -0.15) is 0 Å². The number of hydrogen-bond acceptors (Lipinski definition) is 5. The summed E-state index contributed by atoms with van der Waals surface area (Å²) in [6, 6.07) is 6.85. The van der Waals surface area contributed by atoms with Crippen LogP contribution in [0, 0.1) is 6.92 Å². The molecule has 1 aromatic carbocycles. The number of nitrogens with one attached hydrogen (secondary N) is 2. The molecule has 2 fully saturated rings. The molecule has 27 heavy (non-hydrogen) atoms. The molecule has 1 saturated heterocycles.